The summed E-state index contributed by atoms with van der Waals surface area (Å²) >= 11 is 0. The first-order valence-electron chi connectivity index (χ1n) is 16.6. The van der Waals surface area contributed by atoms with Gasteiger partial charge in [-0.2, -0.15) is 0 Å². The predicted octanol–water partition coefficient (Wildman–Crippen LogP) is 10.9. The van der Waals surface area contributed by atoms with Crippen molar-refractivity contribution in [3.8, 4) is 28.2 Å². The average molecular weight is 628 g/mol. The van der Waals surface area contributed by atoms with Crippen LogP contribution in [0.5, 0.6) is 0 Å². The van der Waals surface area contributed by atoms with Crippen LogP contribution < -0.4 is 5.56 Å². The highest BCUT2D eigenvalue weighted by Gasteiger charge is 2.22. The highest BCUT2D eigenvalue weighted by atomic mass is 16.1. The SMILES string of the molecule is O=c1c2c(c3cc(-c4ccc5c(c4)c4ccccc4n5-c4ccccc4)ccc3n1-c1ccccc1)c1ccccc1n2-c1ccccc1. The number of rotatable bonds is 4. The molecule has 0 unspecified atom stereocenters. The van der Waals surface area contributed by atoms with Gasteiger partial charge in [0.15, 0.2) is 0 Å². The lowest BCUT2D eigenvalue weighted by Gasteiger charge is -2.15. The number of benzene rings is 7. The summed E-state index contributed by atoms with van der Waals surface area (Å²) in [4.78, 5) is 14.8. The van der Waals surface area contributed by atoms with Crippen LogP contribution in [-0.2, 0) is 0 Å². The lowest BCUT2D eigenvalue weighted by molar-refractivity contribution is 1.04. The van der Waals surface area contributed by atoms with Gasteiger partial charge in [-0.05, 0) is 83.9 Å². The van der Waals surface area contributed by atoms with E-state index in [1.54, 1.807) is 0 Å². The van der Waals surface area contributed by atoms with E-state index >= 15 is 0 Å². The van der Waals surface area contributed by atoms with Gasteiger partial charge < -0.3 is 9.13 Å². The summed E-state index contributed by atoms with van der Waals surface area (Å²) in [5, 5.41) is 5.48. The average Bonchev–Trinajstić information content (AvgIpc) is 3.70. The third-order valence-corrected chi connectivity index (χ3v) is 9.84. The molecule has 0 fully saturated rings. The molecule has 0 radical (unpaired) electrons. The van der Waals surface area contributed by atoms with E-state index in [4.69, 9.17) is 0 Å². The maximum absolute atomic E-state index is 14.8. The van der Waals surface area contributed by atoms with Gasteiger partial charge in [0.2, 0.25) is 0 Å². The van der Waals surface area contributed by atoms with Gasteiger partial charge in [0.1, 0.15) is 5.52 Å². The van der Waals surface area contributed by atoms with Crippen LogP contribution in [0.2, 0.25) is 0 Å². The Hall–Kier alpha value is -6.65. The maximum Gasteiger partial charge on any atom is 0.280 e. The first kappa shape index (κ1) is 27.5. The normalized spacial score (nSPS) is 11.8. The number of hydrogen-bond acceptors (Lipinski definition) is 1. The molecule has 0 aliphatic heterocycles. The highest BCUT2D eigenvalue weighted by Crippen LogP contribution is 2.39. The summed E-state index contributed by atoms with van der Waals surface area (Å²) in [6, 6.07) is 61.0. The quantitative estimate of drug-likeness (QED) is 0.191. The molecule has 0 amide bonds. The first-order chi connectivity index (χ1) is 24.3. The lowest BCUT2D eigenvalue weighted by atomic mass is 9.98. The van der Waals surface area contributed by atoms with Crippen molar-refractivity contribution in [2.75, 3.05) is 0 Å². The van der Waals surface area contributed by atoms with E-state index in [1.807, 2.05) is 59.2 Å². The lowest BCUT2D eigenvalue weighted by Crippen LogP contribution is -2.21. The molecule has 0 atom stereocenters. The molecule has 0 aliphatic carbocycles. The summed E-state index contributed by atoms with van der Waals surface area (Å²) < 4.78 is 6.34. The number of aromatic nitrogens is 3. The Bertz CT molecular complexity index is 2930. The van der Waals surface area contributed by atoms with Crippen LogP contribution in [0.1, 0.15) is 0 Å². The summed E-state index contributed by atoms with van der Waals surface area (Å²) in [7, 11) is 0. The summed E-state index contributed by atoms with van der Waals surface area (Å²) in [5.41, 5.74) is 10.0. The van der Waals surface area contributed by atoms with Crippen molar-refractivity contribution in [2.45, 2.75) is 0 Å². The van der Waals surface area contributed by atoms with E-state index in [2.05, 4.69) is 130 Å². The molecular weight excluding hydrogens is 599 g/mol. The number of fused-ring (bicyclic) bond motifs is 8. The Morgan fingerprint density at radius 3 is 1.37 bits per heavy atom. The largest absolute Gasteiger partial charge is 0.309 e. The minimum atomic E-state index is -0.0448. The monoisotopic (exact) mass is 627 g/mol. The minimum Gasteiger partial charge on any atom is -0.309 e. The number of hydrogen-bond donors (Lipinski definition) is 0. The Morgan fingerprint density at radius 1 is 0.327 bits per heavy atom. The topological polar surface area (TPSA) is 31.9 Å². The van der Waals surface area contributed by atoms with Gasteiger partial charge in [0, 0.05) is 44.0 Å². The van der Waals surface area contributed by atoms with Crippen LogP contribution in [0.4, 0.5) is 0 Å². The molecular formula is C45H29N3O. The van der Waals surface area contributed by atoms with Crippen molar-refractivity contribution >= 4 is 54.5 Å². The zero-order valence-corrected chi connectivity index (χ0v) is 26.5. The molecule has 7 aromatic carbocycles. The van der Waals surface area contributed by atoms with E-state index < -0.39 is 0 Å². The van der Waals surface area contributed by atoms with E-state index in [0.29, 0.717) is 5.52 Å². The fraction of sp³-hybridized carbons (Fsp3) is 0. The van der Waals surface area contributed by atoms with Crippen LogP contribution in [0.15, 0.2) is 181 Å². The molecule has 4 heteroatoms. The Kier molecular flexibility index (Phi) is 5.99. The molecule has 230 valence electrons. The van der Waals surface area contributed by atoms with Gasteiger partial charge in [-0.3, -0.25) is 9.36 Å². The summed E-state index contributed by atoms with van der Waals surface area (Å²) in [6.07, 6.45) is 0. The van der Waals surface area contributed by atoms with Crippen molar-refractivity contribution < 1.29 is 0 Å². The van der Waals surface area contributed by atoms with Gasteiger partial charge in [-0.1, -0.05) is 103 Å². The number of pyridine rings is 1. The number of para-hydroxylation sites is 5. The second-order valence-corrected chi connectivity index (χ2v) is 12.5. The van der Waals surface area contributed by atoms with Gasteiger partial charge in [-0.15, -0.1) is 0 Å². The van der Waals surface area contributed by atoms with Gasteiger partial charge in [-0.25, -0.2) is 0 Å². The van der Waals surface area contributed by atoms with Gasteiger partial charge in [0.25, 0.3) is 5.56 Å². The molecule has 4 nitrogen and oxygen atoms in total. The predicted molar refractivity (Wildman–Crippen MR) is 204 cm³/mol. The molecule has 49 heavy (non-hydrogen) atoms. The smallest absolute Gasteiger partial charge is 0.280 e. The molecule has 0 aliphatic rings. The third kappa shape index (κ3) is 4.07. The van der Waals surface area contributed by atoms with Crippen LogP contribution >= 0.6 is 0 Å². The molecule has 10 aromatic rings. The Balaban J connectivity index is 1.30. The van der Waals surface area contributed by atoms with Crippen molar-refractivity contribution in [2.24, 2.45) is 0 Å². The highest BCUT2D eigenvalue weighted by molar-refractivity contribution is 6.21. The van der Waals surface area contributed by atoms with Gasteiger partial charge >= 0.3 is 0 Å². The zero-order valence-electron chi connectivity index (χ0n) is 26.5. The molecule has 3 aromatic heterocycles. The molecule has 0 saturated carbocycles. The van der Waals surface area contributed by atoms with Crippen LogP contribution in [0.25, 0.3) is 82.7 Å². The molecule has 0 spiro atoms. The Morgan fingerprint density at radius 2 is 0.755 bits per heavy atom. The van der Waals surface area contributed by atoms with E-state index in [1.165, 1.54) is 21.8 Å². The van der Waals surface area contributed by atoms with Gasteiger partial charge in [0.05, 0.1) is 22.1 Å². The van der Waals surface area contributed by atoms with E-state index in [0.717, 1.165) is 55.4 Å². The summed E-state index contributed by atoms with van der Waals surface area (Å²) in [5.74, 6) is 0. The fourth-order valence-electron chi connectivity index (χ4n) is 7.73. The van der Waals surface area contributed by atoms with Crippen LogP contribution in [-0.4, -0.2) is 13.7 Å². The maximum atomic E-state index is 14.8. The standard InChI is InChI=1S/C45H29N3O/c49-45-44-43(36-21-11-13-23-40(36)47(44)33-16-6-2-7-17-33)38-29-31(25-27-42(38)48(45)34-18-8-3-9-19-34)30-24-26-41-37(28-30)35-20-10-12-22-39(35)46(41)32-14-4-1-5-15-32/h1-29H. The summed E-state index contributed by atoms with van der Waals surface area (Å²) in [6.45, 7) is 0. The fourth-order valence-corrected chi connectivity index (χ4v) is 7.73. The van der Waals surface area contributed by atoms with E-state index in [-0.39, 0.29) is 5.56 Å². The minimum absolute atomic E-state index is 0.0448. The van der Waals surface area contributed by atoms with Crippen LogP contribution in [0, 0.1) is 0 Å². The van der Waals surface area contributed by atoms with Crippen molar-refractivity contribution in [3.05, 3.63) is 186 Å². The van der Waals surface area contributed by atoms with Crippen molar-refractivity contribution in [3.63, 3.8) is 0 Å². The Labute approximate surface area is 281 Å². The van der Waals surface area contributed by atoms with Crippen molar-refractivity contribution in [1.29, 1.82) is 0 Å². The first-order valence-corrected chi connectivity index (χ1v) is 16.6. The molecule has 3 heterocycles. The second kappa shape index (κ2) is 10.7. The van der Waals surface area contributed by atoms with E-state index in [9.17, 15) is 4.79 Å². The third-order valence-electron chi connectivity index (χ3n) is 9.84. The molecule has 0 N–H and O–H groups in total. The molecule has 0 bridgehead atoms. The van der Waals surface area contributed by atoms with Crippen molar-refractivity contribution in [1.82, 2.24) is 13.7 Å². The molecule has 0 saturated heterocycles. The second-order valence-electron chi connectivity index (χ2n) is 12.5. The van der Waals surface area contributed by atoms with Crippen LogP contribution in [0.3, 0.4) is 0 Å². The zero-order chi connectivity index (χ0) is 32.5. The molecule has 10 rings (SSSR count). The number of nitrogens with zero attached hydrogens (tertiary/aromatic N) is 3.